The molecule has 0 bridgehead atoms. The van der Waals surface area contributed by atoms with E-state index in [0.29, 0.717) is 17.9 Å². The second-order valence-electron chi connectivity index (χ2n) is 4.49. The van der Waals surface area contributed by atoms with Gasteiger partial charge in [-0.05, 0) is 25.1 Å². The number of hydrogen-bond acceptors (Lipinski definition) is 3. The Hall–Kier alpha value is -2.08. The largest absolute Gasteiger partial charge is 0.451 e. The summed E-state index contributed by atoms with van der Waals surface area (Å²) in [5, 5.41) is 10.3. The van der Waals surface area contributed by atoms with Crippen molar-refractivity contribution in [2.45, 2.75) is 13.5 Å². The first-order chi connectivity index (χ1) is 9.65. The Labute approximate surface area is 123 Å². The molecule has 0 unspecified atom stereocenters. The lowest BCUT2D eigenvalue weighted by atomic mass is 10.1. The molecule has 6 heteroatoms. The second kappa shape index (κ2) is 5.13. The first kappa shape index (κ1) is 12.9. The molecule has 2 aromatic heterocycles. The number of halogens is 1. The van der Waals surface area contributed by atoms with E-state index in [1.54, 1.807) is 12.4 Å². The highest BCUT2D eigenvalue weighted by Gasteiger charge is 2.17. The van der Waals surface area contributed by atoms with Crippen LogP contribution in [0, 0.1) is 6.92 Å². The Morgan fingerprint density at radius 3 is 3.10 bits per heavy atom. The van der Waals surface area contributed by atoms with E-state index in [1.165, 1.54) is 0 Å². The van der Waals surface area contributed by atoms with Crippen LogP contribution in [0.15, 0.2) is 39.5 Å². The minimum absolute atomic E-state index is 0.226. The van der Waals surface area contributed by atoms with Gasteiger partial charge in [0, 0.05) is 33.7 Å². The van der Waals surface area contributed by atoms with Gasteiger partial charge >= 0.3 is 0 Å². The van der Waals surface area contributed by atoms with Crippen LogP contribution < -0.4 is 5.32 Å². The second-order valence-corrected chi connectivity index (χ2v) is 5.40. The van der Waals surface area contributed by atoms with Crippen molar-refractivity contribution in [1.82, 2.24) is 15.5 Å². The summed E-state index contributed by atoms with van der Waals surface area (Å²) in [6.45, 7) is 2.29. The SMILES string of the molecule is Cc1c(C(=O)NCc2cn[nH]c2)oc2ccc(Br)cc12. The van der Waals surface area contributed by atoms with Crippen molar-refractivity contribution < 1.29 is 9.21 Å². The van der Waals surface area contributed by atoms with Crippen LogP contribution in [-0.2, 0) is 6.54 Å². The van der Waals surface area contributed by atoms with Crippen LogP contribution >= 0.6 is 15.9 Å². The molecule has 5 nitrogen and oxygen atoms in total. The molecule has 1 amide bonds. The highest BCUT2D eigenvalue weighted by Crippen LogP contribution is 2.27. The first-order valence-corrected chi connectivity index (χ1v) is 6.89. The maximum atomic E-state index is 12.2. The van der Waals surface area contributed by atoms with Crippen molar-refractivity contribution in [3.63, 3.8) is 0 Å². The molecular formula is C14H12BrN3O2. The van der Waals surface area contributed by atoms with Gasteiger partial charge in [0.15, 0.2) is 5.76 Å². The third kappa shape index (κ3) is 2.34. The van der Waals surface area contributed by atoms with Crippen LogP contribution in [0.3, 0.4) is 0 Å². The fourth-order valence-corrected chi connectivity index (χ4v) is 2.41. The number of nitrogens with zero attached hydrogens (tertiary/aromatic N) is 1. The Morgan fingerprint density at radius 2 is 2.35 bits per heavy atom. The number of aryl methyl sites for hydroxylation is 1. The van der Waals surface area contributed by atoms with Crippen LogP contribution in [0.4, 0.5) is 0 Å². The van der Waals surface area contributed by atoms with Gasteiger partial charge < -0.3 is 9.73 Å². The molecular weight excluding hydrogens is 322 g/mol. The summed E-state index contributed by atoms with van der Waals surface area (Å²) in [5.41, 5.74) is 2.46. The Kier molecular flexibility index (Phi) is 3.31. The van der Waals surface area contributed by atoms with Gasteiger partial charge in [-0.3, -0.25) is 9.89 Å². The van der Waals surface area contributed by atoms with Crippen molar-refractivity contribution in [2.24, 2.45) is 0 Å². The monoisotopic (exact) mass is 333 g/mol. The summed E-state index contributed by atoms with van der Waals surface area (Å²) >= 11 is 3.42. The fourth-order valence-electron chi connectivity index (χ4n) is 2.05. The zero-order valence-electron chi connectivity index (χ0n) is 10.7. The number of rotatable bonds is 3. The number of fused-ring (bicyclic) bond motifs is 1. The van der Waals surface area contributed by atoms with Gasteiger partial charge in [-0.25, -0.2) is 0 Å². The highest BCUT2D eigenvalue weighted by atomic mass is 79.9. The van der Waals surface area contributed by atoms with Gasteiger partial charge in [0.2, 0.25) is 0 Å². The molecule has 102 valence electrons. The summed E-state index contributed by atoms with van der Waals surface area (Å²) in [4.78, 5) is 12.2. The highest BCUT2D eigenvalue weighted by molar-refractivity contribution is 9.10. The minimum atomic E-state index is -0.226. The summed E-state index contributed by atoms with van der Waals surface area (Å²) in [6, 6.07) is 5.68. The molecule has 3 rings (SSSR count). The van der Waals surface area contributed by atoms with Gasteiger partial charge in [0.05, 0.1) is 6.20 Å². The maximum Gasteiger partial charge on any atom is 0.287 e. The standard InChI is InChI=1S/C14H12BrN3O2/c1-8-11-4-10(15)2-3-12(11)20-13(8)14(19)16-5-9-6-17-18-7-9/h2-4,6-7H,5H2,1H3,(H,16,19)(H,17,18). The van der Waals surface area contributed by atoms with E-state index >= 15 is 0 Å². The van der Waals surface area contributed by atoms with Crippen LogP contribution in [0.5, 0.6) is 0 Å². The lowest BCUT2D eigenvalue weighted by molar-refractivity contribution is 0.0924. The Balaban J connectivity index is 1.86. The van der Waals surface area contributed by atoms with E-state index in [-0.39, 0.29) is 5.91 Å². The molecule has 0 aliphatic heterocycles. The molecule has 2 N–H and O–H groups in total. The molecule has 0 aliphatic rings. The topological polar surface area (TPSA) is 70.9 Å². The lowest BCUT2D eigenvalue weighted by Crippen LogP contribution is -2.22. The van der Waals surface area contributed by atoms with E-state index in [2.05, 4.69) is 31.4 Å². The van der Waals surface area contributed by atoms with Crippen molar-refractivity contribution in [1.29, 1.82) is 0 Å². The number of furan rings is 1. The number of amides is 1. The molecule has 3 aromatic rings. The molecule has 1 aromatic carbocycles. The van der Waals surface area contributed by atoms with Gasteiger partial charge in [-0.15, -0.1) is 0 Å². The number of aromatic amines is 1. The van der Waals surface area contributed by atoms with Crippen molar-refractivity contribution in [3.8, 4) is 0 Å². The number of carbonyl (C=O) groups is 1. The minimum Gasteiger partial charge on any atom is -0.451 e. The molecule has 0 saturated heterocycles. The normalized spacial score (nSPS) is 10.9. The van der Waals surface area contributed by atoms with Crippen LogP contribution in [0.2, 0.25) is 0 Å². The number of aromatic nitrogens is 2. The lowest BCUT2D eigenvalue weighted by Gasteiger charge is -2.01. The molecule has 0 atom stereocenters. The fraction of sp³-hybridized carbons (Fsp3) is 0.143. The average molecular weight is 334 g/mol. The number of benzene rings is 1. The summed E-state index contributed by atoms with van der Waals surface area (Å²) in [7, 11) is 0. The van der Waals surface area contributed by atoms with Gasteiger partial charge in [-0.2, -0.15) is 5.10 Å². The molecule has 0 spiro atoms. The van der Waals surface area contributed by atoms with Crippen LogP contribution in [0.1, 0.15) is 21.7 Å². The molecule has 20 heavy (non-hydrogen) atoms. The van der Waals surface area contributed by atoms with Gasteiger partial charge in [0.1, 0.15) is 5.58 Å². The molecule has 0 fully saturated rings. The predicted molar refractivity (Wildman–Crippen MR) is 78.4 cm³/mol. The maximum absolute atomic E-state index is 12.2. The zero-order valence-corrected chi connectivity index (χ0v) is 12.3. The number of nitrogens with one attached hydrogen (secondary N) is 2. The van der Waals surface area contributed by atoms with Crippen molar-refractivity contribution in [3.05, 3.63) is 52.0 Å². The van der Waals surface area contributed by atoms with Gasteiger partial charge in [0.25, 0.3) is 5.91 Å². The first-order valence-electron chi connectivity index (χ1n) is 6.09. The Morgan fingerprint density at radius 1 is 1.50 bits per heavy atom. The number of carbonyl (C=O) groups excluding carboxylic acids is 1. The van der Waals surface area contributed by atoms with Gasteiger partial charge in [-0.1, -0.05) is 15.9 Å². The molecule has 0 aliphatic carbocycles. The molecule has 0 radical (unpaired) electrons. The number of H-pyrrole nitrogens is 1. The van der Waals surface area contributed by atoms with E-state index < -0.39 is 0 Å². The van der Waals surface area contributed by atoms with Crippen LogP contribution in [-0.4, -0.2) is 16.1 Å². The Bertz CT molecular complexity index is 762. The summed E-state index contributed by atoms with van der Waals surface area (Å²) < 4.78 is 6.59. The van der Waals surface area contributed by atoms with E-state index in [4.69, 9.17) is 4.42 Å². The van der Waals surface area contributed by atoms with Crippen LogP contribution in [0.25, 0.3) is 11.0 Å². The summed E-state index contributed by atoms with van der Waals surface area (Å²) in [5.74, 6) is 0.123. The van der Waals surface area contributed by atoms with Crippen molar-refractivity contribution in [2.75, 3.05) is 0 Å². The van der Waals surface area contributed by atoms with E-state index in [1.807, 2.05) is 25.1 Å². The van der Waals surface area contributed by atoms with E-state index in [0.717, 1.165) is 21.0 Å². The molecule has 2 heterocycles. The third-order valence-electron chi connectivity index (χ3n) is 3.11. The summed E-state index contributed by atoms with van der Waals surface area (Å²) in [6.07, 6.45) is 3.41. The van der Waals surface area contributed by atoms with Crippen molar-refractivity contribution >= 4 is 32.8 Å². The number of hydrogen-bond donors (Lipinski definition) is 2. The smallest absolute Gasteiger partial charge is 0.287 e. The predicted octanol–water partition coefficient (Wildman–Crippen LogP) is 3.16. The average Bonchev–Trinajstić information content (AvgIpc) is 3.05. The quantitative estimate of drug-likeness (QED) is 0.773. The zero-order chi connectivity index (χ0) is 14.1. The van der Waals surface area contributed by atoms with E-state index in [9.17, 15) is 4.79 Å². The third-order valence-corrected chi connectivity index (χ3v) is 3.61. The molecule has 0 saturated carbocycles.